The van der Waals surface area contributed by atoms with E-state index in [0.717, 1.165) is 0 Å². The number of alkyl halides is 3. The quantitative estimate of drug-likeness (QED) is 0.368. The molecule has 2 aliphatic rings. The van der Waals surface area contributed by atoms with Crippen LogP contribution in [0.2, 0.25) is 0 Å². The Morgan fingerprint density at radius 3 is 2.41 bits per heavy atom. The molecule has 1 aromatic rings. The first-order chi connectivity index (χ1) is 15.8. The molecule has 2 heterocycles. The molecule has 0 saturated carbocycles. The Kier molecular flexibility index (Phi) is 7.29. The Bertz CT molecular complexity index is 985. The molecule has 0 radical (unpaired) electrons. The number of fused-ring (bicyclic) bond motifs is 1. The number of amidine groups is 1. The van der Waals surface area contributed by atoms with Crippen LogP contribution < -0.4 is 5.73 Å². The first kappa shape index (κ1) is 25.6. The van der Waals surface area contributed by atoms with E-state index in [2.05, 4.69) is 5.10 Å². The van der Waals surface area contributed by atoms with Crippen LogP contribution in [0.5, 0.6) is 0 Å². The van der Waals surface area contributed by atoms with E-state index in [9.17, 15) is 35.9 Å². The minimum Gasteiger partial charge on any atom is -0.349 e. The lowest BCUT2D eigenvalue weighted by Crippen LogP contribution is -2.59. The molecule has 0 aliphatic carbocycles. The number of halogens is 6. The SMILES string of the molecule is CN(C)C(=O)CC1C2=NN(C(F)(F)F)CN2CCN1C(=O)C[C@H](N)Cc1cc(F)c(F)cc1F. The third-order valence-electron chi connectivity index (χ3n) is 5.62. The molecule has 188 valence electrons. The predicted molar refractivity (Wildman–Crippen MR) is 108 cm³/mol. The Morgan fingerprint density at radius 2 is 1.79 bits per heavy atom. The second-order valence-corrected chi connectivity index (χ2v) is 8.35. The molecule has 3 rings (SSSR count). The highest BCUT2D eigenvalue weighted by atomic mass is 19.4. The molecule has 2 N–H and O–H groups in total. The summed E-state index contributed by atoms with van der Waals surface area (Å²) in [6.45, 7) is -0.486. The van der Waals surface area contributed by atoms with E-state index < -0.39 is 54.3 Å². The van der Waals surface area contributed by atoms with E-state index in [1.807, 2.05) is 0 Å². The maximum absolute atomic E-state index is 13.9. The van der Waals surface area contributed by atoms with Crippen LogP contribution in [-0.2, 0) is 16.0 Å². The lowest BCUT2D eigenvalue weighted by Gasteiger charge is -2.40. The number of carbonyl (C=O) groups excluding carboxylic acids is 2. The third-order valence-corrected chi connectivity index (χ3v) is 5.62. The van der Waals surface area contributed by atoms with E-state index in [1.165, 1.54) is 28.8 Å². The number of piperazine rings is 1. The van der Waals surface area contributed by atoms with Gasteiger partial charge in [-0.25, -0.2) is 13.2 Å². The molecular formula is C20H24F6N6O2. The van der Waals surface area contributed by atoms with Crippen molar-refractivity contribution >= 4 is 17.6 Å². The maximum Gasteiger partial charge on any atom is 0.502 e. The number of hydrazone groups is 1. The normalized spacial score (nSPS) is 19.1. The van der Waals surface area contributed by atoms with Crippen molar-refractivity contribution in [3.8, 4) is 0 Å². The number of nitrogens with two attached hydrogens (primary N) is 1. The van der Waals surface area contributed by atoms with Crippen molar-refractivity contribution in [2.45, 2.75) is 37.6 Å². The summed E-state index contributed by atoms with van der Waals surface area (Å²) in [5, 5.41) is 3.54. The molecule has 1 aromatic carbocycles. The molecule has 2 aliphatic heterocycles. The summed E-state index contributed by atoms with van der Waals surface area (Å²) in [4.78, 5) is 29.2. The van der Waals surface area contributed by atoms with Crippen LogP contribution in [0.15, 0.2) is 17.2 Å². The molecule has 1 fully saturated rings. The Balaban J connectivity index is 1.78. The Labute approximate surface area is 191 Å². The molecule has 0 bridgehead atoms. The van der Waals surface area contributed by atoms with Crippen molar-refractivity contribution in [3.63, 3.8) is 0 Å². The van der Waals surface area contributed by atoms with Crippen molar-refractivity contribution in [1.29, 1.82) is 0 Å². The van der Waals surface area contributed by atoms with Gasteiger partial charge in [0.1, 0.15) is 24.4 Å². The van der Waals surface area contributed by atoms with E-state index in [4.69, 9.17) is 5.73 Å². The first-order valence-electron chi connectivity index (χ1n) is 10.3. The lowest BCUT2D eigenvalue weighted by atomic mass is 10.0. The summed E-state index contributed by atoms with van der Waals surface area (Å²) in [5.74, 6) is -4.71. The van der Waals surface area contributed by atoms with Gasteiger partial charge in [0.05, 0.1) is 6.42 Å². The fourth-order valence-electron chi connectivity index (χ4n) is 3.84. The monoisotopic (exact) mass is 494 g/mol. The zero-order chi connectivity index (χ0) is 25.4. The van der Waals surface area contributed by atoms with E-state index in [0.29, 0.717) is 12.1 Å². The first-order valence-corrected chi connectivity index (χ1v) is 10.3. The highest BCUT2D eigenvalue weighted by Crippen LogP contribution is 2.30. The van der Waals surface area contributed by atoms with Gasteiger partial charge in [0, 0.05) is 45.7 Å². The fraction of sp³-hybridized carbons (Fsp3) is 0.550. The molecule has 0 aromatic heterocycles. The minimum absolute atomic E-state index is 0.0151. The van der Waals surface area contributed by atoms with Gasteiger partial charge in [0.2, 0.25) is 11.8 Å². The maximum atomic E-state index is 13.9. The van der Waals surface area contributed by atoms with E-state index in [-0.39, 0.29) is 48.8 Å². The Morgan fingerprint density at radius 1 is 1.15 bits per heavy atom. The topological polar surface area (TPSA) is 85.5 Å². The van der Waals surface area contributed by atoms with Gasteiger partial charge in [-0.15, -0.1) is 13.2 Å². The van der Waals surface area contributed by atoms with Gasteiger partial charge in [-0.1, -0.05) is 0 Å². The van der Waals surface area contributed by atoms with Gasteiger partial charge in [-0.2, -0.15) is 10.1 Å². The highest BCUT2D eigenvalue weighted by molar-refractivity contribution is 5.96. The molecule has 1 saturated heterocycles. The smallest absolute Gasteiger partial charge is 0.349 e. The number of carbonyl (C=O) groups is 2. The van der Waals surface area contributed by atoms with E-state index in [1.54, 1.807) is 0 Å². The largest absolute Gasteiger partial charge is 0.502 e. The minimum atomic E-state index is -4.73. The van der Waals surface area contributed by atoms with Crippen LogP contribution in [0.3, 0.4) is 0 Å². The number of amides is 2. The summed E-state index contributed by atoms with van der Waals surface area (Å²) < 4.78 is 80.0. The second-order valence-electron chi connectivity index (χ2n) is 8.35. The fourth-order valence-corrected chi connectivity index (χ4v) is 3.84. The number of hydrogen-bond donors (Lipinski definition) is 1. The van der Waals surface area contributed by atoms with Crippen LogP contribution in [0.25, 0.3) is 0 Å². The number of hydrogen-bond acceptors (Lipinski definition) is 6. The van der Waals surface area contributed by atoms with Crippen molar-refractivity contribution in [3.05, 3.63) is 35.1 Å². The number of benzene rings is 1. The molecule has 34 heavy (non-hydrogen) atoms. The lowest BCUT2D eigenvalue weighted by molar-refractivity contribution is -0.247. The zero-order valence-electron chi connectivity index (χ0n) is 18.4. The molecule has 2 atom stereocenters. The summed E-state index contributed by atoms with van der Waals surface area (Å²) in [6.07, 6.45) is -5.67. The Hall–Kier alpha value is -3.03. The molecular weight excluding hydrogens is 470 g/mol. The molecule has 2 amide bonds. The zero-order valence-corrected chi connectivity index (χ0v) is 18.4. The summed E-state index contributed by atoms with van der Waals surface area (Å²) in [6, 6.07) is -1.01. The summed E-state index contributed by atoms with van der Waals surface area (Å²) in [5.41, 5.74) is 5.73. The molecule has 14 heteroatoms. The van der Waals surface area contributed by atoms with Gasteiger partial charge < -0.3 is 20.4 Å². The summed E-state index contributed by atoms with van der Waals surface area (Å²) >= 11 is 0. The second kappa shape index (κ2) is 9.68. The van der Waals surface area contributed by atoms with Gasteiger partial charge in [-0.3, -0.25) is 9.59 Å². The predicted octanol–water partition coefficient (Wildman–Crippen LogP) is 1.46. The van der Waals surface area contributed by atoms with E-state index >= 15 is 0 Å². The van der Waals surface area contributed by atoms with Crippen LogP contribution in [0.4, 0.5) is 26.3 Å². The van der Waals surface area contributed by atoms with Gasteiger partial charge in [-0.05, 0) is 18.1 Å². The number of nitrogens with zero attached hydrogens (tertiary/aromatic N) is 5. The molecule has 1 unspecified atom stereocenters. The standard InChI is InChI=1S/C20H24F6N6O2/c1-29(2)17(33)9-16-19-28-32(20(24,25)26)10-30(19)3-4-31(16)18(34)7-12(27)5-11-6-14(22)15(23)8-13(11)21/h6,8,12,16H,3-5,7,9-10,27H2,1-2H3/t12-,16?/m1/s1. The van der Waals surface area contributed by atoms with Crippen LogP contribution in [-0.4, -0.2) is 89.6 Å². The van der Waals surface area contributed by atoms with Crippen LogP contribution in [0.1, 0.15) is 18.4 Å². The van der Waals surface area contributed by atoms with Gasteiger partial charge in [0.15, 0.2) is 11.6 Å². The van der Waals surface area contributed by atoms with Crippen LogP contribution >= 0.6 is 0 Å². The van der Waals surface area contributed by atoms with Crippen molar-refractivity contribution in [1.82, 2.24) is 19.7 Å². The van der Waals surface area contributed by atoms with Crippen molar-refractivity contribution in [2.75, 3.05) is 33.9 Å². The van der Waals surface area contributed by atoms with Crippen molar-refractivity contribution in [2.24, 2.45) is 10.8 Å². The number of rotatable bonds is 6. The third kappa shape index (κ3) is 5.54. The molecule has 0 spiro atoms. The summed E-state index contributed by atoms with van der Waals surface area (Å²) in [7, 11) is 2.94. The van der Waals surface area contributed by atoms with Crippen LogP contribution in [0, 0.1) is 17.5 Å². The average molecular weight is 494 g/mol. The average Bonchev–Trinajstić information content (AvgIpc) is 3.17. The molecule has 8 nitrogen and oxygen atoms in total. The van der Waals surface area contributed by atoms with Gasteiger partial charge in [0.25, 0.3) is 0 Å². The highest BCUT2D eigenvalue weighted by Gasteiger charge is 2.47. The van der Waals surface area contributed by atoms with Gasteiger partial charge >= 0.3 is 6.30 Å². The van der Waals surface area contributed by atoms with Crippen molar-refractivity contribution < 1.29 is 35.9 Å².